The van der Waals surface area contributed by atoms with Gasteiger partial charge >= 0.3 is 0 Å². The van der Waals surface area contributed by atoms with Gasteiger partial charge in [-0.1, -0.05) is 48.5 Å². The lowest BCUT2D eigenvalue weighted by Crippen LogP contribution is -2.21. The van der Waals surface area contributed by atoms with Crippen molar-refractivity contribution < 1.29 is 18.7 Å². The van der Waals surface area contributed by atoms with E-state index in [0.717, 1.165) is 5.56 Å². The zero-order valence-electron chi connectivity index (χ0n) is 21.9. The van der Waals surface area contributed by atoms with Gasteiger partial charge in [-0.05, 0) is 77.5 Å². The molecular weight excluding hydrogens is 638 g/mol. The number of benzene rings is 4. The maximum atomic E-state index is 13.4. The number of carbonyl (C=O) groups excluding carboxylic acids is 1. The molecule has 206 valence electrons. The van der Waals surface area contributed by atoms with Gasteiger partial charge in [0.25, 0.3) is 11.5 Å². The monoisotopic (exact) mass is 662 g/mol. The molecular formula is C31H24FIN4O4. The number of anilines is 1. The van der Waals surface area contributed by atoms with E-state index in [0.29, 0.717) is 49.7 Å². The lowest BCUT2D eigenvalue weighted by Gasteiger charge is -2.15. The molecule has 4 aromatic carbocycles. The molecule has 8 nitrogen and oxygen atoms in total. The molecule has 1 N–H and O–H groups in total. The number of para-hydroxylation sites is 1. The summed E-state index contributed by atoms with van der Waals surface area (Å²) in [4.78, 5) is 30.6. The van der Waals surface area contributed by atoms with Crippen LogP contribution in [0.15, 0.2) is 101 Å². The summed E-state index contributed by atoms with van der Waals surface area (Å²) in [6.45, 7) is 1.88. The summed E-state index contributed by atoms with van der Waals surface area (Å²) < 4.78 is 27.0. The number of hydrogen-bond donors (Lipinski definition) is 1. The molecule has 10 heteroatoms. The van der Waals surface area contributed by atoms with Gasteiger partial charge < -0.3 is 14.8 Å². The predicted octanol–water partition coefficient (Wildman–Crippen LogP) is 6.11. The first-order valence-corrected chi connectivity index (χ1v) is 13.8. The van der Waals surface area contributed by atoms with E-state index in [2.05, 4.69) is 33.0 Å². The molecule has 41 heavy (non-hydrogen) atoms. The minimum atomic E-state index is -0.452. The van der Waals surface area contributed by atoms with Crippen molar-refractivity contribution in [2.75, 3.05) is 18.5 Å². The summed E-state index contributed by atoms with van der Waals surface area (Å²) in [5, 5.41) is 7.58. The molecule has 0 spiro atoms. The van der Waals surface area contributed by atoms with Gasteiger partial charge in [-0.3, -0.25) is 9.59 Å². The number of amides is 1. The van der Waals surface area contributed by atoms with Gasteiger partial charge in [0.05, 0.1) is 27.3 Å². The molecule has 0 atom stereocenters. The number of aromatic nitrogens is 2. The molecule has 5 rings (SSSR count). The first-order valence-electron chi connectivity index (χ1n) is 12.7. The summed E-state index contributed by atoms with van der Waals surface area (Å²) >= 11 is 2.09. The second-order valence-corrected chi connectivity index (χ2v) is 9.95. The minimum absolute atomic E-state index is 0.297. The zero-order valence-corrected chi connectivity index (χ0v) is 24.0. The predicted molar refractivity (Wildman–Crippen MR) is 165 cm³/mol. The van der Waals surface area contributed by atoms with Crippen LogP contribution in [0.3, 0.4) is 0 Å². The molecule has 0 saturated heterocycles. The first-order chi connectivity index (χ1) is 19.9. The fourth-order valence-electron chi connectivity index (χ4n) is 4.10. The molecule has 1 amide bonds. The summed E-state index contributed by atoms with van der Waals surface area (Å²) in [5.41, 5.74) is 2.01. The molecule has 0 unspecified atom stereocenters. The summed E-state index contributed by atoms with van der Waals surface area (Å²) in [6, 6.07) is 25.7. The molecule has 1 heterocycles. The van der Waals surface area contributed by atoms with E-state index in [1.54, 1.807) is 42.6 Å². The van der Waals surface area contributed by atoms with E-state index in [1.807, 2.05) is 43.3 Å². The minimum Gasteiger partial charge on any atom is -0.490 e. The Balaban J connectivity index is 1.44. The molecule has 0 radical (unpaired) electrons. The van der Waals surface area contributed by atoms with Crippen LogP contribution in [0.25, 0.3) is 22.3 Å². The lowest BCUT2D eigenvalue weighted by atomic mass is 10.2. The SMILES string of the molecule is CCOc1cc(C=Nn2c(-c3ccccc3)nc3ccccc3c2=O)cc(I)c1OCC(=O)Nc1cccc(F)c1. The average Bonchev–Trinajstić information content (AvgIpc) is 2.97. The smallest absolute Gasteiger partial charge is 0.282 e. The van der Waals surface area contributed by atoms with E-state index < -0.39 is 11.7 Å². The van der Waals surface area contributed by atoms with Crippen molar-refractivity contribution in [2.45, 2.75) is 6.92 Å². The Morgan fingerprint density at radius 1 is 1.02 bits per heavy atom. The maximum Gasteiger partial charge on any atom is 0.282 e. The van der Waals surface area contributed by atoms with Gasteiger partial charge in [0.15, 0.2) is 23.9 Å². The summed E-state index contributed by atoms with van der Waals surface area (Å²) in [7, 11) is 0. The maximum absolute atomic E-state index is 13.4. The van der Waals surface area contributed by atoms with Crippen LogP contribution >= 0.6 is 22.6 Å². The van der Waals surface area contributed by atoms with Crippen molar-refractivity contribution in [3.8, 4) is 22.9 Å². The largest absolute Gasteiger partial charge is 0.490 e. The van der Waals surface area contributed by atoms with E-state index in [4.69, 9.17) is 14.5 Å². The molecule has 0 aliphatic rings. The van der Waals surface area contributed by atoms with E-state index in [-0.39, 0.29) is 12.2 Å². The van der Waals surface area contributed by atoms with Gasteiger partial charge in [-0.15, -0.1) is 0 Å². The molecule has 0 bridgehead atoms. The van der Waals surface area contributed by atoms with E-state index in [9.17, 15) is 14.0 Å². The van der Waals surface area contributed by atoms with Crippen LogP contribution in [0.2, 0.25) is 0 Å². The molecule has 0 saturated carbocycles. The Bertz CT molecular complexity index is 1810. The van der Waals surface area contributed by atoms with Crippen LogP contribution in [0.4, 0.5) is 10.1 Å². The van der Waals surface area contributed by atoms with Crippen LogP contribution in [0.1, 0.15) is 12.5 Å². The topological polar surface area (TPSA) is 94.8 Å². The Morgan fingerprint density at radius 2 is 1.80 bits per heavy atom. The van der Waals surface area contributed by atoms with Gasteiger partial charge in [0.2, 0.25) is 0 Å². The number of ether oxygens (including phenoxy) is 2. The van der Waals surface area contributed by atoms with Crippen molar-refractivity contribution >= 4 is 51.3 Å². The fraction of sp³-hybridized carbons (Fsp3) is 0.0968. The Hall–Kier alpha value is -4.58. The van der Waals surface area contributed by atoms with Crippen molar-refractivity contribution in [1.82, 2.24) is 9.66 Å². The third-order valence-corrected chi connectivity index (χ3v) is 6.70. The van der Waals surface area contributed by atoms with Gasteiger partial charge in [-0.2, -0.15) is 9.78 Å². The van der Waals surface area contributed by atoms with Crippen LogP contribution in [0.5, 0.6) is 11.5 Å². The quantitative estimate of drug-likeness (QED) is 0.152. The number of nitrogens with zero attached hydrogens (tertiary/aromatic N) is 3. The highest BCUT2D eigenvalue weighted by atomic mass is 127. The van der Waals surface area contributed by atoms with Crippen LogP contribution < -0.4 is 20.3 Å². The fourth-order valence-corrected chi connectivity index (χ4v) is 4.88. The number of fused-ring (bicyclic) bond motifs is 1. The Kier molecular flexibility index (Phi) is 8.68. The first kappa shape index (κ1) is 28.0. The number of rotatable bonds is 9. The van der Waals surface area contributed by atoms with Crippen LogP contribution in [-0.4, -0.2) is 35.0 Å². The average molecular weight is 662 g/mol. The standard InChI is InChI=1S/C31H24FIN4O4/c1-2-40-27-16-20(15-25(33)29(27)41-19-28(38)35-23-12-8-11-22(32)17-23)18-34-37-30(21-9-4-3-5-10-21)36-26-14-7-6-13-24(26)31(37)39/h3-18H,2,19H2,1H3,(H,35,38). The number of halogens is 2. The van der Waals surface area contributed by atoms with Crippen molar-refractivity contribution in [3.63, 3.8) is 0 Å². The summed E-state index contributed by atoms with van der Waals surface area (Å²) in [6.07, 6.45) is 1.55. The third kappa shape index (κ3) is 6.60. The van der Waals surface area contributed by atoms with Crippen LogP contribution in [0, 0.1) is 9.39 Å². The van der Waals surface area contributed by atoms with Gasteiger partial charge in [0.1, 0.15) is 5.82 Å². The van der Waals surface area contributed by atoms with Crippen molar-refractivity contribution in [2.24, 2.45) is 5.10 Å². The zero-order chi connectivity index (χ0) is 28.8. The second-order valence-electron chi connectivity index (χ2n) is 8.79. The van der Waals surface area contributed by atoms with E-state index >= 15 is 0 Å². The highest BCUT2D eigenvalue weighted by Crippen LogP contribution is 2.34. The highest BCUT2D eigenvalue weighted by molar-refractivity contribution is 14.1. The van der Waals surface area contributed by atoms with Crippen LogP contribution in [-0.2, 0) is 4.79 Å². The normalized spacial score (nSPS) is 11.1. The second kappa shape index (κ2) is 12.7. The molecule has 0 aliphatic carbocycles. The Morgan fingerprint density at radius 3 is 2.59 bits per heavy atom. The van der Waals surface area contributed by atoms with Gasteiger partial charge in [-0.25, -0.2) is 9.37 Å². The molecule has 0 aliphatic heterocycles. The number of carbonyl (C=O) groups is 1. The third-order valence-electron chi connectivity index (χ3n) is 5.90. The molecule has 5 aromatic rings. The lowest BCUT2D eigenvalue weighted by molar-refractivity contribution is -0.118. The summed E-state index contributed by atoms with van der Waals surface area (Å²) in [5.74, 6) is 0.303. The molecule has 1 aromatic heterocycles. The molecule has 0 fully saturated rings. The highest BCUT2D eigenvalue weighted by Gasteiger charge is 2.15. The van der Waals surface area contributed by atoms with Crippen molar-refractivity contribution in [1.29, 1.82) is 0 Å². The van der Waals surface area contributed by atoms with Crippen molar-refractivity contribution in [3.05, 3.63) is 116 Å². The van der Waals surface area contributed by atoms with E-state index in [1.165, 1.54) is 22.9 Å². The number of nitrogens with one attached hydrogen (secondary N) is 1. The number of hydrogen-bond acceptors (Lipinski definition) is 6. The Labute approximate surface area is 248 Å². The van der Waals surface area contributed by atoms with Gasteiger partial charge in [0, 0.05) is 11.3 Å².